The number of anilines is 1. The van der Waals surface area contributed by atoms with Crippen molar-refractivity contribution in [3.63, 3.8) is 0 Å². The van der Waals surface area contributed by atoms with Gasteiger partial charge in [-0.05, 0) is 29.8 Å². The summed E-state index contributed by atoms with van der Waals surface area (Å²) >= 11 is 0. The minimum absolute atomic E-state index is 0.455. The number of aromatic nitrogens is 3. The fraction of sp³-hybridized carbons (Fsp3) is 0.0952. The number of carbonyl (C=O) groups excluding carboxylic acids is 1. The number of hydrogen-bond donors (Lipinski definition) is 1. The van der Waals surface area contributed by atoms with Crippen molar-refractivity contribution in [2.75, 3.05) is 12.4 Å². The Morgan fingerprint density at radius 2 is 2.07 bits per heavy atom. The van der Waals surface area contributed by atoms with Crippen LogP contribution in [-0.4, -0.2) is 27.7 Å². The fourth-order valence-electron chi connectivity index (χ4n) is 2.80. The third-order valence-corrected chi connectivity index (χ3v) is 4.18. The van der Waals surface area contributed by atoms with E-state index in [1.807, 2.05) is 48.7 Å². The number of nitrogens with one attached hydrogen (secondary N) is 1. The Bertz CT molecular complexity index is 1120. The van der Waals surface area contributed by atoms with Crippen molar-refractivity contribution < 1.29 is 13.9 Å². The molecule has 28 heavy (non-hydrogen) atoms. The van der Waals surface area contributed by atoms with Crippen molar-refractivity contribution in [3.05, 3.63) is 78.2 Å². The summed E-state index contributed by atoms with van der Waals surface area (Å²) in [4.78, 5) is 16.2. The Hall–Kier alpha value is -3.87. The van der Waals surface area contributed by atoms with Crippen molar-refractivity contribution in [2.45, 2.75) is 6.54 Å². The molecule has 0 bridgehead atoms. The zero-order chi connectivity index (χ0) is 19.3. The molecular formula is C21H18N4O3. The van der Waals surface area contributed by atoms with Crippen molar-refractivity contribution in [1.82, 2.24) is 14.6 Å². The Morgan fingerprint density at radius 1 is 1.21 bits per heavy atom. The van der Waals surface area contributed by atoms with Crippen LogP contribution in [0.15, 0.2) is 71.5 Å². The number of carbonyl (C=O) groups is 1. The van der Waals surface area contributed by atoms with Crippen LogP contribution in [0.25, 0.3) is 23.2 Å². The van der Waals surface area contributed by atoms with E-state index in [4.69, 9.17) is 9.15 Å². The van der Waals surface area contributed by atoms with Crippen LogP contribution in [0.1, 0.15) is 11.1 Å². The monoisotopic (exact) mass is 374 g/mol. The van der Waals surface area contributed by atoms with Gasteiger partial charge in [-0.15, -0.1) is 0 Å². The maximum atomic E-state index is 11.6. The number of ether oxygens (including phenoxy) is 1. The number of fused-ring (bicyclic) bond motifs is 1. The van der Waals surface area contributed by atoms with Crippen LogP contribution in [0.3, 0.4) is 0 Å². The topological polar surface area (TPSA) is 81.7 Å². The average Bonchev–Trinajstić information content (AvgIpc) is 3.38. The molecule has 0 fully saturated rings. The van der Waals surface area contributed by atoms with Gasteiger partial charge in [-0.3, -0.25) is 0 Å². The highest BCUT2D eigenvalue weighted by Crippen LogP contribution is 2.27. The first-order chi connectivity index (χ1) is 13.7. The van der Waals surface area contributed by atoms with Crippen LogP contribution in [0, 0.1) is 0 Å². The van der Waals surface area contributed by atoms with E-state index in [1.165, 1.54) is 13.2 Å². The van der Waals surface area contributed by atoms with E-state index in [1.54, 1.807) is 22.9 Å². The highest BCUT2D eigenvalue weighted by molar-refractivity contribution is 5.91. The predicted octanol–water partition coefficient (Wildman–Crippen LogP) is 3.79. The Kier molecular flexibility index (Phi) is 4.88. The van der Waals surface area contributed by atoms with E-state index in [0.717, 1.165) is 5.56 Å². The van der Waals surface area contributed by atoms with Crippen LogP contribution in [0.5, 0.6) is 0 Å². The molecule has 1 aromatic carbocycles. The van der Waals surface area contributed by atoms with Gasteiger partial charge in [-0.25, -0.2) is 14.3 Å². The number of methoxy groups -OCH3 is 1. The third-order valence-electron chi connectivity index (χ3n) is 4.18. The summed E-state index contributed by atoms with van der Waals surface area (Å²) in [5.74, 6) is 0.840. The number of benzene rings is 1. The van der Waals surface area contributed by atoms with Crippen molar-refractivity contribution >= 4 is 23.5 Å². The normalized spacial score (nSPS) is 11.2. The zero-order valence-corrected chi connectivity index (χ0v) is 15.2. The Labute approximate surface area is 161 Å². The summed E-state index contributed by atoms with van der Waals surface area (Å²) in [6.07, 6.45) is 6.38. The quantitative estimate of drug-likeness (QED) is 0.408. The van der Waals surface area contributed by atoms with E-state index >= 15 is 0 Å². The average molecular weight is 374 g/mol. The molecule has 0 spiro atoms. The van der Waals surface area contributed by atoms with E-state index in [0.29, 0.717) is 35.0 Å². The number of nitrogens with zero attached hydrogens (tertiary/aromatic N) is 3. The molecule has 0 saturated carbocycles. The number of furan rings is 1. The van der Waals surface area contributed by atoms with Gasteiger partial charge >= 0.3 is 5.97 Å². The summed E-state index contributed by atoms with van der Waals surface area (Å²) < 4.78 is 11.8. The van der Waals surface area contributed by atoms with Gasteiger partial charge in [0.1, 0.15) is 11.5 Å². The first-order valence-corrected chi connectivity index (χ1v) is 8.71. The Balaban J connectivity index is 1.72. The maximum Gasteiger partial charge on any atom is 0.330 e. The second-order valence-electron chi connectivity index (χ2n) is 6.02. The number of esters is 1. The standard InChI is InChI=1S/C21H18N4O3/c1-27-19(26)10-9-16-20(17-8-5-13-28-17)24-25-12-11-18(23-21(16)25)22-14-15-6-3-2-4-7-15/h2-13H,14H2,1H3,(H,22,23)/b10-9+. The molecular weight excluding hydrogens is 356 g/mol. The van der Waals surface area contributed by atoms with Crippen molar-refractivity contribution in [3.8, 4) is 11.5 Å². The fourth-order valence-corrected chi connectivity index (χ4v) is 2.80. The minimum Gasteiger partial charge on any atom is -0.466 e. The van der Waals surface area contributed by atoms with Crippen molar-refractivity contribution in [1.29, 1.82) is 0 Å². The molecule has 0 unspecified atom stereocenters. The Morgan fingerprint density at radius 3 is 2.82 bits per heavy atom. The predicted molar refractivity (Wildman–Crippen MR) is 106 cm³/mol. The third kappa shape index (κ3) is 3.64. The largest absolute Gasteiger partial charge is 0.466 e. The number of rotatable bonds is 6. The van der Waals surface area contributed by atoms with Gasteiger partial charge in [0.25, 0.3) is 0 Å². The van der Waals surface area contributed by atoms with Crippen molar-refractivity contribution in [2.24, 2.45) is 0 Å². The van der Waals surface area contributed by atoms with Gasteiger partial charge in [0, 0.05) is 18.8 Å². The van der Waals surface area contributed by atoms with Gasteiger partial charge in [0.2, 0.25) is 0 Å². The molecule has 0 aliphatic rings. The second-order valence-corrected chi connectivity index (χ2v) is 6.02. The molecule has 4 rings (SSSR count). The lowest BCUT2D eigenvalue weighted by molar-refractivity contribution is -0.134. The van der Waals surface area contributed by atoms with Gasteiger partial charge < -0.3 is 14.5 Å². The lowest BCUT2D eigenvalue weighted by atomic mass is 10.2. The second kappa shape index (κ2) is 7.79. The summed E-state index contributed by atoms with van der Waals surface area (Å²) in [6.45, 7) is 0.649. The SMILES string of the molecule is COC(=O)/C=C/c1c(-c2ccco2)nn2ccc(NCc3ccccc3)nc12. The van der Waals surface area contributed by atoms with E-state index < -0.39 is 5.97 Å². The molecule has 0 saturated heterocycles. The lowest BCUT2D eigenvalue weighted by Gasteiger charge is -2.06. The van der Waals surface area contributed by atoms with Crippen LogP contribution in [-0.2, 0) is 16.1 Å². The molecule has 1 N–H and O–H groups in total. The van der Waals surface area contributed by atoms with Gasteiger partial charge in [0.05, 0.1) is 18.9 Å². The van der Waals surface area contributed by atoms with E-state index in [2.05, 4.69) is 15.4 Å². The zero-order valence-electron chi connectivity index (χ0n) is 15.2. The molecule has 4 aromatic rings. The number of hydrogen-bond acceptors (Lipinski definition) is 6. The molecule has 0 aliphatic carbocycles. The maximum absolute atomic E-state index is 11.6. The smallest absolute Gasteiger partial charge is 0.330 e. The van der Waals surface area contributed by atoms with Crippen LogP contribution >= 0.6 is 0 Å². The molecule has 3 aromatic heterocycles. The van der Waals surface area contributed by atoms with Gasteiger partial charge in [0.15, 0.2) is 11.4 Å². The van der Waals surface area contributed by atoms with Gasteiger partial charge in [-0.2, -0.15) is 5.10 Å². The first-order valence-electron chi connectivity index (χ1n) is 8.71. The highest BCUT2D eigenvalue weighted by atomic mass is 16.5. The van der Waals surface area contributed by atoms with E-state index in [-0.39, 0.29) is 0 Å². The summed E-state index contributed by atoms with van der Waals surface area (Å²) in [6, 6.07) is 15.5. The summed E-state index contributed by atoms with van der Waals surface area (Å²) in [7, 11) is 1.33. The first kappa shape index (κ1) is 17.5. The molecule has 0 atom stereocenters. The highest BCUT2D eigenvalue weighted by Gasteiger charge is 2.16. The van der Waals surface area contributed by atoms with Crippen LogP contribution in [0.4, 0.5) is 5.82 Å². The molecule has 3 heterocycles. The van der Waals surface area contributed by atoms with Crippen LogP contribution in [0.2, 0.25) is 0 Å². The molecule has 0 amide bonds. The van der Waals surface area contributed by atoms with Gasteiger partial charge in [-0.1, -0.05) is 30.3 Å². The molecule has 140 valence electrons. The molecule has 7 nitrogen and oxygen atoms in total. The van der Waals surface area contributed by atoms with E-state index in [9.17, 15) is 4.79 Å². The molecule has 7 heteroatoms. The molecule has 0 radical (unpaired) electrons. The lowest BCUT2D eigenvalue weighted by Crippen LogP contribution is -2.02. The minimum atomic E-state index is -0.455. The molecule has 0 aliphatic heterocycles. The summed E-state index contributed by atoms with van der Waals surface area (Å²) in [5, 5.41) is 7.86. The van der Waals surface area contributed by atoms with Crippen LogP contribution < -0.4 is 5.32 Å². The summed E-state index contributed by atoms with van der Waals surface area (Å²) in [5.41, 5.74) is 3.02.